The second kappa shape index (κ2) is 11.1. The Kier molecular flexibility index (Phi) is 7.89. The molecule has 0 bridgehead atoms. The number of imide groups is 1. The highest BCUT2D eigenvalue weighted by Crippen LogP contribution is 2.57. The molecule has 0 radical (unpaired) electrons. The van der Waals surface area contributed by atoms with E-state index in [1.54, 1.807) is 12.1 Å². The number of hydrogen-bond donors (Lipinski definition) is 2. The fourth-order valence-electron chi connectivity index (χ4n) is 6.54. The van der Waals surface area contributed by atoms with E-state index in [0.717, 1.165) is 5.57 Å². The quantitative estimate of drug-likeness (QED) is 0.177. The van der Waals surface area contributed by atoms with Gasteiger partial charge in [0.05, 0.1) is 23.4 Å². The number of nitrogens with zero attached hydrogens (tertiary/aromatic N) is 1. The molecule has 0 spiro atoms. The van der Waals surface area contributed by atoms with Crippen molar-refractivity contribution < 1.29 is 38.9 Å². The molecular formula is C29H27Br2NO8. The number of fused-ring (bicyclic) bond motifs is 3. The van der Waals surface area contributed by atoms with Crippen LogP contribution in [0.1, 0.15) is 50.0 Å². The summed E-state index contributed by atoms with van der Waals surface area (Å²) in [4.78, 5) is 65.9. The number of Topliss-reactive ketones (excluding diaryl/α,β-unsaturated/α-hetero) is 1. The number of rotatable bonds is 8. The maximum atomic E-state index is 13.7. The molecule has 4 atom stereocenters. The van der Waals surface area contributed by atoms with Crippen molar-refractivity contribution in [2.75, 3.05) is 13.7 Å². The van der Waals surface area contributed by atoms with Crippen LogP contribution in [0.2, 0.25) is 0 Å². The van der Waals surface area contributed by atoms with Crippen LogP contribution in [0, 0.1) is 17.8 Å². The number of ketones is 2. The summed E-state index contributed by atoms with van der Waals surface area (Å²) in [6.07, 6.45) is 5.12. The monoisotopic (exact) mass is 675 g/mol. The van der Waals surface area contributed by atoms with Crippen molar-refractivity contribution in [3.05, 3.63) is 55.5 Å². The molecule has 210 valence electrons. The Morgan fingerprint density at radius 1 is 1.07 bits per heavy atom. The first kappa shape index (κ1) is 28.5. The molecule has 11 heteroatoms. The van der Waals surface area contributed by atoms with Gasteiger partial charge in [0, 0.05) is 46.1 Å². The highest BCUT2D eigenvalue weighted by molar-refractivity contribution is 9.12. The van der Waals surface area contributed by atoms with Gasteiger partial charge in [-0.05, 0) is 59.7 Å². The summed E-state index contributed by atoms with van der Waals surface area (Å²) in [6, 6.07) is 3.27. The van der Waals surface area contributed by atoms with Crippen LogP contribution in [0.3, 0.4) is 0 Å². The molecule has 1 aromatic carbocycles. The summed E-state index contributed by atoms with van der Waals surface area (Å²) in [5.41, 5.74) is 1.63. The normalized spacial score (nSPS) is 25.8. The first-order chi connectivity index (χ1) is 19.0. The van der Waals surface area contributed by atoms with E-state index in [2.05, 4.69) is 31.9 Å². The number of likely N-dealkylation sites (tertiary alicyclic amines) is 1. The van der Waals surface area contributed by atoms with Crippen molar-refractivity contribution in [2.24, 2.45) is 17.8 Å². The number of phenols is 1. The molecule has 1 aromatic rings. The van der Waals surface area contributed by atoms with Gasteiger partial charge in [-0.2, -0.15) is 0 Å². The lowest BCUT2D eigenvalue weighted by molar-refractivity contribution is -0.141. The summed E-state index contributed by atoms with van der Waals surface area (Å²) >= 11 is 6.65. The number of carbonyl (C=O) groups excluding carboxylic acids is 4. The maximum absolute atomic E-state index is 13.7. The van der Waals surface area contributed by atoms with E-state index in [0.29, 0.717) is 35.7 Å². The molecule has 40 heavy (non-hydrogen) atoms. The summed E-state index contributed by atoms with van der Waals surface area (Å²) in [6.45, 7) is 0.207. The number of aliphatic carboxylic acids is 1. The third kappa shape index (κ3) is 4.76. The first-order valence-corrected chi connectivity index (χ1v) is 14.7. The van der Waals surface area contributed by atoms with E-state index in [1.807, 2.05) is 6.08 Å². The van der Waals surface area contributed by atoms with Crippen molar-refractivity contribution in [3.63, 3.8) is 0 Å². The first-order valence-electron chi connectivity index (χ1n) is 13.1. The van der Waals surface area contributed by atoms with E-state index >= 15 is 0 Å². The van der Waals surface area contributed by atoms with Crippen LogP contribution in [-0.4, -0.2) is 58.1 Å². The standard InChI is InChI=1S/C29H27Br2NO8/c1-40-21-10-13(30)9-17(27(21)37)23-14-6-7-15-24(16(14)11-18-25(23)20(33)12-19(31)26(18)36)29(39)32(28(15)38)8-4-2-3-5-22(34)35/h6,9-10,12,15-16,23-24,37H,2-5,7-8,11H2,1H3,(H,34,35). The molecule has 4 unspecified atom stereocenters. The maximum Gasteiger partial charge on any atom is 0.303 e. The van der Waals surface area contributed by atoms with Gasteiger partial charge in [0.2, 0.25) is 11.8 Å². The number of carbonyl (C=O) groups is 5. The van der Waals surface area contributed by atoms with Gasteiger partial charge >= 0.3 is 5.97 Å². The Bertz CT molecular complexity index is 1440. The van der Waals surface area contributed by atoms with Crippen molar-refractivity contribution in [1.82, 2.24) is 4.90 Å². The van der Waals surface area contributed by atoms with Crippen molar-refractivity contribution >= 4 is 61.2 Å². The van der Waals surface area contributed by atoms with Crippen LogP contribution in [0.25, 0.3) is 0 Å². The van der Waals surface area contributed by atoms with Gasteiger partial charge in [-0.3, -0.25) is 28.9 Å². The lowest BCUT2D eigenvalue weighted by atomic mass is 9.59. The lowest BCUT2D eigenvalue weighted by Crippen LogP contribution is -2.39. The largest absolute Gasteiger partial charge is 0.504 e. The second-order valence-electron chi connectivity index (χ2n) is 10.5. The van der Waals surface area contributed by atoms with Crippen molar-refractivity contribution in [3.8, 4) is 11.5 Å². The van der Waals surface area contributed by atoms with Gasteiger partial charge in [-0.25, -0.2) is 0 Å². The number of amides is 2. The number of halogens is 2. The fraction of sp³-hybridized carbons (Fsp3) is 0.414. The van der Waals surface area contributed by atoms with Gasteiger partial charge in [0.25, 0.3) is 0 Å². The lowest BCUT2D eigenvalue weighted by Gasteiger charge is -2.42. The van der Waals surface area contributed by atoms with E-state index in [-0.39, 0.29) is 69.9 Å². The van der Waals surface area contributed by atoms with Gasteiger partial charge in [0.15, 0.2) is 23.1 Å². The number of phenolic OH excluding ortho intramolecular Hbond substituents is 1. The Morgan fingerprint density at radius 2 is 1.82 bits per heavy atom. The van der Waals surface area contributed by atoms with Crippen molar-refractivity contribution in [1.29, 1.82) is 0 Å². The number of hydrogen-bond acceptors (Lipinski definition) is 7. The molecule has 3 aliphatic carbocycles. The molecule has 1 aliphatic heterocycles. The molecule has 1 heterocycles. The molecule has 0 aromatic heterocycles. The summed E-state index contributed by atoms with van der Waals surface area (Å²) in [7, 11) is 1.42. The number of methoxy groups -OCH3 is 1. The fourth-order valence-corrected chi connectivity index (χ4v) is 7.44. The van der Waals surface area contributed by atoms with E-state index in [9.17, 15) is 29.1 Å². The zero-order valence-corrected chi connectivity index (χ0v) is 24.8. The Hall–Kier alpha value is -3.05. The predicted molar refractivity (Wildman–Crippen MR) is 150 cm³/mol. The Morgan fingerprint density at radius 3 is 2.52 bits per heavy atom. The molecular weight excluding hydrogens is 650 g/mol. The number of aromatic hydroxyl groups is 1. The average Bonchev–Trinajstić information content (AvgIpc) is 3.16. The number of carboxylic acids is 1. The summed E-state index contributed by atoms with van der Waals surface area (Å²) in [5.74, 6) is -4.76. The molecule has 4 aliphatic rings. The third-order valence-electron chi connectivity index (χ3n) is 8.29. The van der Waals surface area contributed by atoms with Gasteiger partial charge in [-0.15, -0.1) is 0 Å². The van der Waals surface area contributed by atoms with Gasteiger partial charge in [-0.1, -0.05) is 34.0 Å². The van der Waals surface area contributed by atoms with Crippen LogP contribution < -0.4 is 4.74 Å². The highest BCUT2D eigenvalue weighted by Gasteiger charge is 2.56. The minimum atomic E-state index is -0.884. The van der Waals surface area contributed by atoms with E-state index in [1.165, 1.54) is 18.1 Å². The zero-order valence-electron chi connectivity index (χ0n) is 21.6. The van der Waals surface area contributed by atoms with E-state index in [4.69, 9.17) is 9.84 Å². The van der Waals surface area contributed by atoms with Crippen LogP contribution in [0.4, 0.5) is 0 Å². The Balaban J connectivity index is 1.54. The number of allylic oxidation sites excluding steroid dienone is 6. The highest BCUT2D eigenvalue weighted by atomic mass is 79.9. The zero-order chi connectivity index (χ0) is 28.9. The predicted octanol–water partition coefficient (Wildman–Crippen LogP) is 4.57. The molecule has 9 nitrogen and oxygen atoms in total. The second-order valence-corrected chi connectivity index (χ2v) is 12.2. The molecule has 0 saturated carbocycles. The SMILES string of the molecule is COc1cc(Br)cc(C2C3=CCC4C(=O)N(CCCCCC(=O)O)C(=O)C4C3CC3=C2C(=O)C=C(Br)C3=O)c1O. The van der Waals surface area contributed by atoms with Crippen LogP contribution in [0.5, 0.6) is 11.5 Å². The minimum absolute atomic E-state index is 0.0331. The average molecular weight is 677 g/mol. The number of unbranched alkanes of at least 4 members (excludes halogenated alkanes) is 2. The van der Waals surface area contributed by atoms with Crippen molar-refractivity contribution in [2.45, 2.75) is 44.4 Å². The summed E-state index contributed by atoms with van der Waals surface area (Å²) < 4.78 is 6.08. The number of ether oxygens (including phenoxy) is 1. The summed E-state index contributed by atoms with van der Waals surface area (Å²) in [5, 5.41) is 20.0. The van der Waals surface area contributed by atoms with Crippen LogP contribution >= 0.6 is 31.9 Å². The number of benzene rings is 1. The molecule has 2 amide bonds. The topological polar surface area (TPSA) is 138 Å². The van der Waals surface area contributed by atoms with Gasteiger partial charge in [0.1, 0.15) is 0 Å². The molecule has 1 saturated heterocycles. The number of carboxylic acid groups (broad SMARTS) is 1. The Labute approximate surface area is 247 Å². The smallest absolute Gasteiger partial charge is 0.303 e. The molecule has 5 rings (SSSR count). The molecule has 2 N–H and O–H groups in total. The van der Waals surface area contributed by atoms with E-state index < -0.39 is 29.6 Å². The van der Waals surface area contributed by atoms with Crippen LogP contribution in [0.15, 0.2) is 50.0 Å². The molecule has 1 fully saturated rings. The van der Waals surface area contributed by atoms with Crippen LogP contribution in [-0.2, 0) is 24.0 Å². The van der Waals surface area contributed by atoms with Gasteiger partial charge < -0.3 is 14.9 Å². The third-order valence-corrected chi connectivity index (χ3v) is 9.34. The minimum Gasteiger partial charge on any atom is -0.504 e.